The van der Waals surface area contributed by atoms with Gasteiger partial charge in [-0.25, -0.2) is 4.98 Å². The fourth-order valence-electron chi connectivity index (χ4n) is 2.41. The van der Waals surface area contributed by atoms with E-state index in [4.69, 9.17) is 4.74 Å². The molecule has 1 aliphatic rings. The van der Waals surface area contributed by atoms with E-state index in [9.17, 15) is 4.79 Å². The number of aryl methyl sites for hydroxylation is 1. The minimum atomic E-state index is -0.0210. The predicted molar refractivity (Wildman–Crippen MR) is 83.7 cm³/mol. The standard InChI is InChI=1S/C16H25N3O2/c1-4-13-9-12(10-14(17-2)19-13)15(20)18-11-16(5-6-16)7-8-21-3/h9-10H,4-8,11H2,1-3H3,(H,17,19)(H,18,20). The van der Waals surface area contributed by atoms with Crippen LogP contribution in [0.1, 0.15) is 42.2 Å². The van der Waals surface area contributed by atoms with Crippen LogP contribution in [-0.4, -0.2) is 38.2 Å². The van der Waals surface area contributed by atoms with E-state index in [1.165, 1.54) is 12.8 Å². The summed E-state index contributed by atoms with van der Waals surface area (Å²) >= 11 is 0. The molecule has 5 nitrogen and oxygen atoms in total. The molecule has 116 valence electrons. The molecule has 0 atom stereocenters. The van der Waals surface area contributed by atoms with Crippen LogP contribution in [0.25, 0.3) is 0 Å². The van der Waals surface area contributed by atoms with E-state index in [0.717, 1.165) is 37.5 Å². The van der Waals surface area contributed by atoms with Crippen LogP contribution in [0.3, 0.4) is 0 Å². The van der Waals surface area contributed by atoms with Gasteiger partial charge in [0, 0.05) is 38.6 Å². The van der Waals surface area contributed by atoms with Crippen molar-refractivity contribution in [2.24, 2.45) is 5.41 Å². The summed E-state index contributed by atoms with van der Waals surface area (Å²) in [5.41, 5.74) is 1.86. The van der Waals surface area contributed by atoms with E-state index >= 15 is 0 Å². The molecule has 2 N–H and O–H groups in total. The molecule has 0 aliphatic heterocycles. The SMILES string of the molecule is CCc1cc(C(=O)NCC2(CCOC)CC2)cc(NC)n1. The zero-order valence-electron chi connectivity index (χ0n) is 13.2. The van der Waals surface area contributed by atoms with Gasteiger partial charge in [-0.05, 0) is 43.2 Å². The van der Waals surface area contributed by atoms with Gasteiger partial charge in [0.25, 0.3) is 5.91 Å². The van der Waals surface area contributed by atoms with E-state index < -0.39 is 0 Å². The van der Waals surface area contributed by atoms with Crippen molar-refractivity contribution in [3.8, 4) is 0 Å². The number of ether oxygens (including phenoxy) is 1. The number of amides is 1. The van der Waals surface area contributed by atoms with Gasteiger partial charge in [0.15, 0.2) is 0 Å². The Hall–Kier alpha value is -1.62. The Kier molecular flexibility index (Phi) is 5.17. The second-order valence-electron chi connectivity index (χ2n) is 5.76. The lowest BCUT2D eigenvalue weighted by Gasteiger charge is -2.16. The average Bonchev–Trinajstić information content (AvgIpc) is 3.30. The van der Waals surface area contributed by atoms with Crippen LogP contribution in [0.4, 0.5) is 5.82 Å². The molecule has 1 amide bonds. The summed E-state index contributed by atoms with van der Waals surface area (Å²) in [6.45, 7) is 3.52. The Bertz CT molecular complexity index is 476. The highest BCUT2D eigenvalue weighted by atomic mass is 16.5. The van der Waals surface area contributed by atoms with Crippen molar-refractivity contribution in [1.29, 1.82) is 0 Å². The molecular formula is C16H25N3O2. The van der Waals surface area contributed by atoms with Crippen molar-refractivity contribution in [2.75, 3.05) is 32.6 Å². The molecular weight excluding hydrogens is 266 g/mol. The van der Waals surface area contributed by atoms with Gasteiger partial charge in [-0.1, -0.05) is 6.92 Å². The Labute approximate surface area is 126 Å². The Morgan fingerprint density at radius 3 is 2.76 bits per heavy atom. The first kappa shape index (κ1) is 15.8. The molecule has 1 aromatic heterocycles. The van der Waals surface area contributed by atoms with Crippen LogP contribution >= 0.6 is 0 Å². The van der Waals surface area contributed by atoms with Gasteiger partial charge >= 0.3 is 0 Å². The molecule has 0 spiro atoms. The van der Waals surface area contributed by atoms with Gasteiger partial charge in [-0.2, -0.15) is 0 Å². The van der Waals surface area contributed by atoms with Crippen molar-refractivity contribution in [1.82, 2.24) is 10.3 Å². The lowest BCUT2D eigenvalue weighted by molar-refractivity contribution is 0.0937. The van der Waals surface area contributed by atoms with Crippen molar-refractivity contribution in [2.45, 2.75) is 32.6 Å². The summed E-state index contributed by atoms with van der Waals surface area (Å²) < 4.78 is 5.14. The third-order valence-corrected chi connectivity index (χ3v) is 4.18. The predicted octanol–water partition coefficient (Wildman–Crippen LogP) is 2.23. The van der Waals surface area contributed by atoms with Gasteiger partial charge in [-0.15, -0.1) is 0 Å². The topological polar surface area (TPSA) is 63.2 Å². The first-order valence-electron chi connectivity index (χ1n) is 7.58. The first-order chi connectivity index (χ1) is 10.1. The summed E-state index contributed by atoms with van der Waals surface area (Å²) in [5.74, 6) is 0.715. The Morgan fingerprint density at radius 2 is 2.19 bits per heavy atom. The highest BCUT2D eigenvalue weighted by Crippen LogP contribution is 2.48. The minimum Gasteiger partial charge on any atom is -0.385 e. The molecule has 1 aromatic rings. The van der Waals surface area contributed by atoms with E-state index in [0.29, 0.717) is 5.56 Å². The summed E-state index contributed by atoms with van der Waals surface area (Å²) in [7, 11) is 3.53. The number of hydrogen-bond donors (Lipinski definition) is 2. The first-order valence-corrected chi connectivity index (χ1v) is 7.58. The number of anilines is 1. The molecule has 1 fully saturated rings. The molecule has 0 bridgehead atoms. The number of aromatic nitrogens is 1. The lowest BCUT2D eigenvalue weighted by atomic mass is 10.0. The molecule has 1 saturated carbocycles. The molecule has 2 rings (SSSR count). The normalized spacial score (nSPS) is 15.6. The second-order valence-corrected chi connectivity index (χ2v) is 5.76. The van der Waals surface area contributed by atoms with Gasteiger partial charge in [0.05, 0.1) is 0 Å². The van der Waals surface area contributed by atoms with Crippen molar-refractivity contribution in [3.63, 3.8) is 0 Å². The van der Waals surface area contributed by atoms with E-state index in [1.807, 2.05) is 20.0 Å². The van der Waals surface area contributed by atoms with E-state index in [2.05, 4.69) is 15.6 Å². The zero-order chi connectivity index (χ0) is 15.3. The molecule has 21 heavy (non-hydrogen) atoms. The number of carbonyl (C=O) groups excluding carboxylic acids is 1. The van der Waals surface area contributed by atoms with Gasteiger partial charge in [0.1, 0.15) is 5.82 Å². The summed E-state index contributed by atoms with van der Waals surface area (Å²) in [6, 6.07) is 3.66. The fourth-order valence-corrected chi connectivity index (χ4v) is 2.41. The maximum absolute atomic E-state index is 12.3. The summed E-state index contributed by atoms with van der Waals surface area (Å²) in [5, 5.41) is 6.07. The van der Waals surface area contributed by atoms with Crippen LogP contribution in [0.5, 0.6) is 0 Å². The molecule has 5 heteroatoms. The molecule has 0 radical (unpaired) electrons. The smallest absolute Gasteiger partial charge is 0.251 e. The van der Waals surface area contributed by atoms with Crippen molar-refractivity contribution < 1.29 is 9.53 Å². The van der Waals surface area contributed by atoms with Gasteiger partial charge in [-0.3, -0.25) is 4.79 Å². The third kappa shape index (κ3) is 4.17. The number of hydrogen-bond acceptors (Lipinski definition) is 4. The lowest BCUT2D eigenvalue weighted by Crippen LogP contribution is -2.31. The number of carbonyl (C=O) groups is 1. The molecule has 0 aromatic carbocycles. The van der Waals surface area contributed by atoms with E-state index in [-0.39, 0.29) is 11.3 Å². The van der Waals surface area contributed by atoms with Crippen molar-refractivity contribution >= 4 is 11.7 Å². The van der Waals surface area contributed by atoms with Crippen LogP contribution in [0, 0.1) is 5.41 Å². The monoisotopic (exact) mass is 291 g/mol. The number of nitrogens with one attached hydrogen (secondary N) is 2. The minimum absolute atomic E-state index is 0.0210. The summed E-state index contributed by atoms with van der Waals surface area (Å²) in [6.07, 6.45) is 4.18. The fraction of sp³-hybridized carbons (Fsp3) is 0.625. The van der Waals surface area contributed by atoms with Crippen molar-refractivity contribution in [3.05, 3.63) is 23.4 Å². The maximum Gasteiger partial charge on any atom is 0.251 e. The number of methoxy groups -OCH3 is 1. The third-order valence-electron chi connectivity index (χ3n) is 4.18. The van der Waals surface area contributed by atoms with Crippen LogP contribution in [0.2, 0.25) is 0 Å². The van der Waals surface area contributed by atoms with Gasteiger partial charge in [0.2, 0.25) is 0 Å². The van der Waals surface area contributed by atoms with Gasteiger partial charge < -0.3 is 15.4 Å². The summed E-state index contributed by atoms with van der Waals surface area (Å²) in [4.78, 5) is 16.7. The van der Waals surface area contributed by atoms with Crippen LogP contribution in [-0.2, 0) is 11.2 Å². The Morgan fingerprint density at radius 1 is 1.43 bits per heavy atom. The number of nitrogens with zero attached hydrogens (tertiary/aromatic N) is 1. The number of pyridine rings is 1. The molecule has 0 saturated heterocycles. The quantitative estimate of drug-likeness (QED) is 0.771. The molecule has 1 heterocycles. The average molecular weight is 291 g/mol. The zero-order valence-corrected chi connectivity index (χ0v) is 13.2. The number of rotatable bonds is 8. The van der Waals surface area contributed by atoms with E-state index in [1.54, 1.807) is 13.2 Å². The van der Waals surface area contributed by atoms with Crippen LogP contribution in [0.15, 0.2) is 12.1 Å². The Balaban J connectivity index is 1.97. The largest absolute Gasteiger partial charge is 0.385 e. The molecule has 0 unspecified atom stereocenters. The van der Waals surface area contributed by atoms with Crippen LogP contribution < -0.4 is 10.6 Å². The molecule has 1 aliphatic carbocycles. The highest BCUT2D eigenvalue weighted by molar-refractivity contribution is 5.95. The second kappa shape index (κ2) is 6.89. The highest BCUT2D eigenvalue weighted by Gasteiger charge is 2.42. The maximum atomic E-state index is 12.3.